The van der Waals surface area contributed by atoms with E-state index < -0.39 is 0 Å². The molecule has 1 unspecified atom stereocenters. The molecule has 1 atom stereocenters. The molecule has 1 fully saturated rings. The van der Waals surface area contributed by atoms with Crippen LogP contribution in [0.15, 0.2) is 67.0 Å². The molecule has 1 aliphatic heterocycles. The first kappa shape index (κ1) is 18.1. The smallest absolute Gasteiger partial charge is 0.231 e. The van der Waals surface area contributed by atoms with Gasteiger partial charge in [-0.1, -0.05) is 18.2 Å². The number of pyridine rings is 1. The molecule has 0 N–H and O–H groups in total. The van der Waals surface area contributed by atoms with E-state index in [1.165, 1.54) is 0 Å². The van der Waals surface area contributed by atoms with Crippen LogP contribution in [-0.4, -0.2) is 41.2 Å². The molecule has 0 radical (unpaired) electrons. The number of piperidine rings is 1. The van der Waals surface area contributed by atoms with Crippen LogP contribution in [0.4, 0.5) is 11.5 Å². The van der Waals surface area contributed by atoms with Crippen LogP contribution in [-0.2, 0) is 4.79 Å². The molecule has 2 aromatic heterocycles. The molecule has 4 rings (SSSR count). The van der Waals surface area contributed by atoms with Crippen LogP contribution in [0, 0.1) is 5.92 Å². The number of hydrogen-bond acceptors (Lipinski definition) is 5. The minimum absolute atomic E-state index is 0.0411. The highest BCUT2D eigenvalue weighted by Gasteiger charge is 2.29. The molecule has 28 heavy (non-hydrogen) atoms. The van der Waals surface area contributed by atoms with Gasteiger partial charge in [0, 0.05) is 43.8 Å². The second-order valence-corrected chi connectivity index (χ2v) is 7.03. The van der Waals surface area contributed by atoms with Gasteiger partial charge in [0.15, 0.2) is 5.82 Å². The first-order valence-electron chi connectivity index (χ1n) is 9.54. The summed E-state index contributed by atoms with van der Waals surface area (Å²) < 4.78 is 0. The summed E-state index contributed by atoms with van der Waals surface area (Å²) in [6, 6.07) is 17.6. The van der Waals surface area contributed by atoms with Gasteiger partial charge in [0.2, 0.25) is 5.91 Å². The predicted octanol–water partition coefficient (Wildman–Crippen LogP) is 3.42. The molecule has 0 aliphatic carbocycles. The molecule has 1 saturated heterocycles. The predicted molar refractivity (Wildman–Crippen MR) is 110 cm³/mol. The molecule has 6 heteroatoms. The Kier molecular flexibility index (Phi) is 5.28. The number of hydrogen-bond donors (Lipinski definition) is 0. The van der Waals surface area contributed by atoms with Crippen LogP contribution in [0.25, 0.3) is 11.3 Å². The van der Waals surface area contributed by atoms with Crippen molar-refractivity contribution in [3.63, 3.8) is 0 Å². The van der Waals surface area contributed by atoms with E-state index in [1.54, 1.807) is 17.3 Å². The number of nitrogens with zero attached hydrogens (tertiary/aromatic N) is 5. The van der Waals surface area contributed by atoms with Crippen molar-refractivity contribution >= 4 is 17.4 Å². The standard InChI is InChI=1S/C22H23N5O/c1-26(19-7-3-2-4-8-19)22(28)18-6-5-15-27(16-18)21-10-9-20(24-25-21)17-11-13-23-14-12-17/h2-4,7-14,18H,5-6,15-16H2,1H3. The van der Waals surface area contributed by atoms with Gasteiger partial charge in [0.05, 0.1) is 11.6 Å². The maximum atomic E-state index is 13.0. The molecule has 0 spiro atoms. The zero-order chi connectivity index (χ0) is 19.3. The molecule has 1 aliphatic rings. The Labute approximate surface area is 164 Å². The van der Waals surface area contributed by atoms with Gasteiger partial charge in [-0.25, -0.2) is 0 Å². The zero-order valence-corrected chi connectivity index (χ0v) is 15.9. The van der Waals surface area contributed by atoms with Crippen molar-refractivity contribution in [3.05, 3.63) is 67.0 Å². The van der Waals surface area contributed by atoms with Crippen LogP contribution in [0.5, 0.6) is 0 Å². The summed E-state index contributed by atoms with van der Waals surface area (Å²) in [4.78, 5) is 20.9. The van der Waals surface area contributed by atoms with E-state index in [9.17, 15) is 4.79 Å². The van der Waals surface area contributed by atoms with Crippen LogP contribution < -0.4 is 9.80 Å². The monoisotopic (exact) mass is 373 g/mol. The summed E-state index contributed by atoms with van der Waals surface area (Å²) >= 11 is 0. The largest absolute Gasteiger partial charge is 0.354 e. The quantitative estimate of drug-likeness (QED) is 0.701. The number of amides is 1. The third-order valence-electron chi connectivity index (χ3n) is 5.20. The van der Waals surface area contributed by atoms with Gasteiger partial charge in [-0.2, -0.15) is 0 Å². The third-order valence-corrected chi connectivity index (χ3v) is 5.20. The second kappa shape index (κ2) is 8.17. The highest BCUT2D eigenvalue weighted by Crippen LogP contribution is 2.25. The molecule has 6 nitrogen and oxygen atoms in total. The Morgan fingerprint density at radius 2 is 1.82 bits per heavy atom. The number of rotatable bonds is 4. The molecule has 0 bridgehead atoms. The normalized spacial score (nSPS) is 16.6. The molecule has 3 heterocycles. The third kappa shape index (κ3) is 3.86. The van der Waals surface area contributed by atoms with Gasteiger partial charge in [0.1, 0.15) is 0 Å². The van der Waals surface area contributed by atoms with Crippen LogP contribution in [0.1, 0.15) is 12.8 Å². The SMILES string of the molecule is CN(C(=O)C1CCCN(c2ccc(-c3ccncc3)nn2)C1)c1ccccc1. The van der Waals surface area contributed by atoms with Gasteiger partial charge in [-0.3, -0.25) is 9.78 Å². The van der Waals surface area contributed by atoms with E-state index in [2.05, 4.69) is 20.1 Å². The molecule has 1 amide bonds. The Morgan fingerprint density at radius 3 is 2.54 bits per heavy atom. The van der Waals surface area contributed by atoms with Gasteiger partial charge in [-0.15, -0.1) is 10.2 Å². The lowest BCUT2D eigenvalue weighted by atomic mass is 9.96. The summed E-state index contributed by atoms with van der Waals surface area (Å²) in [5.41, 5.74) is 2.73. The fourth-order valence-corrected chi connectivity index (χ4v) is 3.61. The van der Waals surface area contributed by atoms with Gasteiger partial charge in [-0.05, 0) is 49.2 Å². The average molecular weight is 373 g/mol. The summed E-state index contributed by atoms with van der Waals surface area (Å²) in [5.74, 6) is 0.926. The Bertz CT molecular complexity index is 915. The van der Waals surface area contributed by atoms with Crippen molar-refractivity contribution in [2.45, 2.75) is 12.8 Å². The lowest BCUT2D eigenvalue weighted by Gasteiger charge is -2.34. The minimum Gasteiger partial charge on any atom is -0.354 e. The fourth-order valence-electron chi connectivity index (χ4n) is 3.61. The van der Waals surface area contributed by atoms with Crippen LogP contribution in [0.2, 0.25) is 0 Å². The maximum Gasteiger partial charge on any atom is 0.231 e. The van der Waals surface area contributed by atoms with Gasteiger partial charge >= 0.3 is 0 Å². The average Bonchev–Trinajstić information content (AvgIpc) is 2.79. The maximum absolute atomic E-state index is 13.0. The molecule has 3 aromatic rings. The van der Waals surface area contributed by atoms with Crippen LogP contribution in [0.3, 0.4) is 0 Å². The lowest BCUT2D eigenvalue weighted by Crippen LogP contribution is -2.44. The topological polar surface area (TPSA) is 62.2 Å². The minimum atomic E-state index is -0.0411. The van der Waals surface area contributed by atoms with E-state index in [0.29, 0.717) is 6.54 Å². The summed E-state index contributed by atoms with van der Waals surface area (Å²) in [5, 5.41) is 8.77. The zero-order valence-electron chi connectivity index (χ0n) is 15.9. The van der Waals surface area contributed by atoms with E-state index in [-0.39, 0.29) is 11.8 Å². The molecule has 142 valence electrons. The van der Waals surface area contributed by atoms with Crippen molar-refractivity contribution < 1.29 is 4.79 Å². The number of carbonyl (C=O) groups is 1. The van der Waals surface area contributed by atoms with Crippen molar-refractivity contribution in [1.82, 2.24) is 15.2 Å². The Morgan fingerprint density at radius 1 is 1.04 bits per heavy atom. The van der Waals surface area contributed by atoms with E-state index >= 15 is 0 Å². The first-order valence-corrected chi connectivity index (χ1v) is 9.54. The van der Waals surface area contributed by atoms with E-state index in [0.717, 1.165) is 42.1 Å². The number of aromatic nitrogens is 3. The van der Waals surface area contributed by atoms with Crippen molar-refractivity contribution in [3.8, 4) is 11.3 Å². The second-order valence-electron chi connectivity index (χ2n) is 7.03. The number of anilines is 2. The molecular formula is C22H23N5O. The number of carbonyl (C=O) groups excluding carboxylic acids is 1. The Balaban J connectivity index is 1.46. The number of para-hydroxylation sites is 1. The van der Waals surface area contributed by atoms with Crippen molar-refractivity contribution in [2.75, 3.05) is 29.9 Å². The fraction of sp³-hybridized carbons (Fsp3) is 0.273. The van der Waals surface area contributed by atoms with E-state index in [4.69, 9.17) is 0 Å². The lowest BCUT2D eigenvalue weighted by molar-refractivity contribution is -0.122. The number of benzene rings is 1. The summed E-state index contributed by atoms with van der Waals surface area (Å²) in [7, 11) is 1.85. The molecular weight excluding hydrogens is 350 g/mol. The first-order chi connectivity index (χ1) is 13.7. The Hall–Kier alpha value is -3.28. The van der Waals surface area contributed by atoms with Crippen molar-refractivity contribution in [1.29, 1.82) is 0 Å². The van der Waals surface area contributed by atoms with Crippen LogP contribution >= 0.6 is 0 Å². The summed E-state index contributed by atoms with van der Waals surface area (Å²) in [6.45, 7) is 1.56. The molecule has 1 aromatic carbocycles. The molecule has 0 saturated carbocycles. The van der Waals surface area contributed by atoms with Crippen molar-refractivity contribution in [2.24, 2.45) is 5.92 Å². The van der Waals surface area contributed by atoms with Gasteiger partial charge in [0.25, 0.3) is 0 Å². The highest BCUT2D eigenvalue weighted by atomic mass is 16.2. The van der Waals surface area contributed by atoms with Gasteiger partial charge < -0.3 is 9.80 Å². The van der Waals surface area contributed by atoms with E-state index in [1.807, 2.05) is 61.6 Å². The summed E-state index contributed by atoms with van der Waals surface area (Å²) in [6.07, 6.45) is 5.35. The highest BCUT2D eigenvalue weighted by molar-refractivity contribution is 5.95.